The molecule has 0 saturated carbocycles. The summed E-state index contributed by atoms with van der Waals surface area (Å²) in [6.07, 6.45) is 0. The maximum absolute atomic E-state index is 2.56. The highest BCUT2D eigenvalue weighted by Gasteiger charge is 2.54. The van der Waals surface area contributed by atoms with Gasteiger partial charge < -0.3 is 9.47 Å². The topological polar surface area (TPSA) is 8.17 Å². The Morgan fingerprint density at radius 2 is 0.697 bits per heavy atom. The van der Waals surface area contributed by atoms with E-state index in [9.17, 15) is 0 Å². The SMILES string of the molecule is c1ccc(-c2ccc(-c3ccc(N(c4ccc5c(c4)C4(c6ccccc6-c6ccccc64)c4cccc6c7ccccc7n-5c46)c4cccc5c4-c4ccccc4C54c5ccccc5-c5ccccc54)cc3)cc2)cc1. The molecule has 0 amide bonds. The van der Waals surface area contributed by atoms with Crippen LogP contribution in [0.3, 0.4) is 0 Å². The molecular weight excluding hydrogens is 917 g/mol. The van der Waals surface area contributed by atoms with Crippen LogP contribution in [0, 0.1) is 0 Å². The second kappa shape index (κ2) is 15.4. The number of aromatic nitrogens is 1. The summed E-state index contributed by atoms with van der Waals surface area (Å²) >= 11 is 0. The molecule has 0 fully saturated rings. The average Bonchev–Trinajstić information content (AvgIpc) is 3.59. The zero-order valence-electron chi connectivity index (χ0n) is 41.5. The number of para-hydroxylation sites is 2. The smallest absolute Gasteiger partial charge is 0.0755 e. The largest absolute Gasteiger partial charge is 0.310 e. The van der Waals surface area contributed by atoms with E-state index in [1.807, 2.05) is 0 Å². The first-order valence-electron chi connectivity index (χ1n) is 26.6. The summed E-state index contributed by atoms with van der Waals surface area (Å²) < 4.78 is 2.56. The number of hydrogen-bond donors (Lipinski definition) is 0. The molecule has 2 nitrogen and oxygen atoms in total. The van der Waals surface area contributed by atoms with Crippen LogP contribution in [-0.2, 0) is 10.8 Å². The molecule has 4 aliphatic rings. The van der Waals surface area contributed by atoms with Crippen LogP contribution >= 0.6 is 0 Å². The van der Waals surface area contributed by atoms with Gasteiger partial charge in [-0.05, 0) is 137 Å². The van der Waals surface area contributed by atoms with Crippen LogP contribution in [-0.4, -0.2) is 4.57 Å². The van der Waals surface area contributed by atoms with Gasteiger partial charge in [0.05, 0.1) is 33.2 Å². The molecule has 1 aromatic heterocycles. The summed E-state index contributed by atoms with van der Waals surface area (Å²) in [5.74, 6) is 0. The molecule has 352 valence electrons. The number of benzene rings is 12. The summed E-state index contributed by atoms with van der Waals surface area (Å²) in [5.41, 5.74) is 29.0. The number of anilines is 3. The van der Waals surface area contributed by atoms with Gasteiger partial charge in [0, 0.05) is 27.7 Å². The fourth-order valence-corrected chi connectivity index (χ4v) is 14.7. The average molecular weight is 963 g/mol. The van der Waals surface area contributed by atoms with Crippen molar-refractivity contribution in [3.63, 3.8) is 0 Å². The van der Waals surface area contributed by atoms with Crippen LogP contribution in [0.2, 0.25) is 0 Å². The number of fused-ring (bicyclic) bond motifs is 22. The predicted octanol–water partition coefficient (Wildman–Crippen LogP) is 18.6. The van der Waals surface area contributed by atoms with Gasteiger partial charge >= 0.3 is 0 Å². The Bertz CT molecular complexity index is 4480. The monoisotopic (exact) mass is 962 g/mol. The quantitative estimate of drug-likeness (QED) is 0.167. The molecule has 76 heavy (non-hydrogen) atoms. The second-order valence-electron chi connectivity index (χ2n) is 21.0. The molecule has 0 bridgehead atoms. The van der Waals surface area contributed by atoms with Gasteiger partial charge in [-0.2, -0.15) is 0 Å². The van der Waals surface area contributed by atoms with E-state index in [0.717, 1.165) is 17.1 Å². The third-order valence-corrected chi connectivity index (χ3v) is 17.6. The first-order valence-corrected chi connectivity index (χ1v) is 26.6. The first-order chi connectivity index (χ1) is 37.7. The van der Waals surface area contributed by atoms with Gasteiger partial charge in [0.15, 0.2) is 0 Å². The van der Waals surface area contributed by atoms with Crippen LogP contribution in [0.15, 0.2) is 279 Å². The van der Waals surface area contributed by atoms with Crippen LogP contribution < -0.4 is 4.90 Å². The van der Waals surface area contributed by atoms with Crippen molar-refractivity contribution in [2.75, 3.05) is 4.90 Å². The van der Waals surface area contributed by atoms with Crippen molar-refractivity contribution in [1.82, 2.24) is 4.57 Å². The molecule has 0 saturated heterocycles. The molecule has 2 spiro atoms. The van der Waals surface area contributed by atoms with Crippen molar-refractivity contribution in [2.45, 2.75) is 10.8 Å². The summed E-state index contributed by atoms with van der Waals surface area (Å²) in [5, 5.41) is 2.55. The summed E-state index contributed by atoms with van der Waals surface area (Å²) in [7, 11) is 0. The molecule has 12 aromatic carbocycles. The lowest BCUT2D eigenvalue weighted by Crippen LogP contribution is -2.33. The fraction of sp³-hybridized carbons (Fsp3) is 0.0270. The zero-order valence-corrected chi connectivity index (χ0v) is 41.5. The zero-order chi connectivity index (χ0) is 49.7. The van der Waals surface area contributed by atoms with E-state index in [-0.39, 0.29) is 0 Å². The van der Waals surface area contributed by atoms with Gasteiger partial charge in [-0.1, -0.05) is 237 Å². The lowest BCUT2D eigenvalue weighted by molar-refractivity contribution is 0.748. The number of rotatable bonds is 5. The third kappa shape index (κ3) is 5.25. The van der Waals surface area contributed by atoms with E-state index in [0.29, 0.717) is 0 Å². The maximum atomic E-state index is 2.56. The minimum atomic E-state index is -0.601. The lowest BCUT2D eigenvalue weighted by atomic mass is 9.65. The molecule has 1 aliphatic heterocycles. The van der Waals surface area contributed by atoms with Crippen molar-refractivity contribution >= 4 is 38.9 Å². The van der Waals surface area contributed by atoms with E-state index in [1.165, 1.54) is 128 Å². The first kappa shape index (κ1) is 41.7. The van der Waals surface area contributed by atoms with Crippen molar-refractivity contribution < 1.29 is 0 Å². The second-order valence-corrected chi connectivity index (χ2v) is 21.0. The molecule has 13 aromatic rings. The van der Waals surface area contributed by atoms with Crippen molar-refractivity contribution in [1.29, 1.82) is 0 Å². The van der Waals surface area contributed by atoms with Crippen LogP contribution in [0.25, 0.3) is 83.1 Å². The number of nitrogens with zero attached hydrogens (tertiary/aromatic N) is 2. The molecule has 3 aliphatic carbocycles. The predicted molar refractivity (Wildman–Crippen MR) is 313 cm³/mol. The highest BCUT2D eigenvalue weighted by molar-refractivity contribution is 6.13. The van der Waals surface area contributed by atoms with Crippen molar-refractivity contribution in [3.05, 3.63) is 324 Å². The highest BCUT2D eigenvalue weighted by atomic mass is 15.1. The lowest BCUT2D eigenvalue weighted by Gasteiger charge is -2.40. The van der Waals surface area contributed by atoms with E-state index in [2.05, 4.69) is 289 Å². The maximum Gasteiger partial charge on any atom is 0.0755 e. The minimum Gasteiger partial charge on any atom is -0.310 e. The Kier molecular flexibility index (Phi) is 8.44. The summed E-state index contributed by atoms with van der Waals surface area (Å²) in [6, 6.07) is 105. The van der Waals surface area contributed by atoms with Crippen molar-refractivity contribution in [2.24, 2.45) is 0 Å². The summed E-state index contributed by atoms with van der Waals surface area (Å²) in [6.45, 7) is 0. The van der Waals surface area contributed by atoms with Crippen LogP contribution in [0.4, 0.5) is 17.1 Å². The van der Waals surface area contributed by atoms with E-state index >= 15 is 0 Å². The minimum absolute atomic E-state index is 0.488. The van der Waals surface area contributed by atoms with Gasteiger partial charge in [-0.3, -0.25) is 0 Å². The Morgan fingerprint density at radius 3 is 1.30 bits per heavy atom. The van der Waals surface area contributed by atoms with Gasteiger partial charge in [0.1, 0.15) is 0 Å². The van der Waals surface area contributed by atoms with Crippen LogP contribution in [0.5, 0.6) is 0 Å². The molecule has 17 rings (SSSR count). The van der Waals surface area contributed by atoms with Gasteiger partial charge in [0.2, 0.25) is 0 Å². The standard InChI is InChI=1S/C74H46N2/c1-2-18-47(19-3-1)48-36-38-49(39-37-48)50-40-42-51(43-41-50)75(70-35-17-32-65-71(70)59-25-8-14-31-64(59)73(65)60-27-10-4-20-53(60)54-21-5-11-28-61(54)73)52-44-45-69-67(46-52)74(62-29-12-6-22-55(62)56-23-7-13-30-63(56)74)66-33-16-26-58-57-24-9-15-34-68(57)76(69)72(58)66/h1-46H. The van der Waals surface area contributed by atoms with E-state index < -0.39 is 10.8 Å². The third-order valence-electron chi connectivity index (χ3n) is 17.6. The molecule has 0 N–H and O–H groups in total. The van der Waals surface area contributed by atoms with E-state index in [4.69, 9.17) is 0 Å². The Morgan fingerprint density at radius 1 is 0.276 bits per heavy atom. The Hall–Kier alpha value is -9.76. The molecule has 0 atom stereocenters. The molecule has 2 heterocycles. The molecule has 0 radical (unpaired) electrons. The number of hydrogen-bond acceptors (Lipinski definition) is 1. The van der Waals surface area contributed by atoms with Gasteiger partial charge in [0.25, 0.3) is 0 Å². The molecule has 2 heteroatoms. The Balaban J connectivity index is 0.946. The van der Waals surface area contributed by atoms with E-state index in [1.54, 1.807) is 0 Å². The molecule has 0 unspecified atom stereocenters. The van der Waals surface area contributed by atoms with Crippen molar-refractivity contribution in [3.8, 4) is 61.3 Å². The van der Waals surface area contributed by atoms with Gasteiger partial charge in [-0.15, -0.1) is 0 Å². The summed E-state index contributed by atoms with van der Waals surface area (Å²) in [4.78, 5) is 2.56. The normalized spacial score (nSPS) is 14.0. The Labute approximate surface area is 441 Å². The highest BCUT2D eigenvalue weighted by Crippen LogP contribution is 2.66. The molecular formula is C74H46N2. The fourth-order valence-electron chi connectivity index (χ4n) is 14.7. The van der Waals surface area contributed by atoms with Crippen LogP contribution in [0.1, 0.15) is 44.5 Å². The van der Waals surface area contributed by atoms with Gasteiger partial charge in [-0.25, -0.2) is 0 Å².